The molecule has 0 aliphatic carbocycles. The summed E-state index contributed by atoms with van der Waals surface area (Å²) in [4.78, 5) is 23.2. The first-order chi connectivity index (χ1) is 9.11. The van der Waals surface area contributed by atoms with Crippen LogP contribution >= 0.6 is 11.3 Å². The molecule has 0 aliphatic rings. The summed E-state index contributed by atoms with van der Waals surface area (Å²) in [6.07, 6.45) is 1.77. The monoisotopic (exact) mass is 279 g/mol. The Morgan fingerprint density at radius 1 is 1.53 bits per heavy atom. The summed E-state index contributed by atoms with van der Waals surface area (Å²) >= 11 is 1.55. The third kappa shape index (κ3) is 3.17. The van der Waals surface area contributed by atoms with Crippen molar-refractivity contribution in [3.8, 4) is 0 Å². The second-order valence-electron chi connectivity index (χ2n) is 4.38. The van der Waals surface area contributed by atoms with Crippen LogP contribution in [0.3, 0.4) is 0 Å². The maximum absolute atomic E-state index is 12.2. The second-order valence-corrected chi connectivity index (χ2v) is 5.32. The molecule has 2 heterocycles. The zero-order chi connectivity index (χ0) is 13.8. The first-order valence-corrected chi connectivity index (χ1v) is 7.05. The normalized spacial score (nSPS) is 10.7. The van der Waals surface area contributed by atoms with Crippen LogP contribution in [0, 0.1) is 6.92 Å². The van der Waals surface area contributed by atoms with E-state index in [2.05, 4.69) is 27.1 Å². The van der Waals surface area contributed by atoms with Crippen molar-refractivity contribution in [2.45, 2.75) is 33.2 Å². The molecule has 19 heavy (non-hydrogen) atoms. The lowest BCUT2D eigenvalue weighted by molar-refractivity contribution is 0.0774. The third-order valence-corrected chi connectivity index (χ3v) is 3.70. The summed E-state index contributed by atoms with van der Waals surface area (Å²) in [5, 5.41) is 6.76. The van der Waals surface area contributed by atoms with Gasteiger partial charge in [-0.15, -0.1) is 16.4 Å². The molecule has 1 N–H and O–H groups in total. The molecule has 2 rings (SSSR count). The predicted molar refractivity (Wildman–Crippen MR) is 73.0 cm³/mol. The van der Waals surface area contributed by atoms with Crippen LogP contribution in [0.15, 0.2) is 5.51 Å². The van der Waals surface area contributed by atoms with E-state index < -0.39 is 0 Å². The Morgan fingerprint density at radius 2 is 2.32 bits per heavy atom. The molecule has 0 saturated carbocycles. The van der Waals surface area contributed by atoms with E-state index in [0.29, 0.717) is 6.54 Å². The van der Waals surface area contributed by atoms with Crippen LogP contribution in [0.5, 0.6) is 0 Å². The molecule has 0 fully saturated rings. The molecule has 0 saturated heterocycles. The van der Waals surface area contributed by atoms with Gasteiger partial charge in [0, 0.05) is 18.3 Å². The number of hydrogen-bond acceptors (Lipinski definition) is 5. The first kappa shape index (κ1) is 13.7. The summed E-state index contributed by atoms with van der Waals surface area (Å²) in [5.41, 5.74) is 2.75. The van der Waals surface area contributed by atoms with E-state index in [4.69, 9.17) is 0 Å². The molecule has 2 aromatic heterocycles. The Morgan fingerprint density at radius 3 is 2.95 bits per heavy atom. The van der Waals surface area contributed by atoms with E-state index in [-0.39, 0.29) is 11.7 Å². The summed E-state index contributed by atoms with van der Waals surface area (Å²) < 4.78 is 0. The van der Waals surface area contributed by atoms with Crippen LogP contribution in [0.4, 0.5) is 0 Å². The van der Waals surface area contributed by atoms with Crippen molar-refractivity contribution in [3.63, 3.8) is 0 Å². The average Bonchev–Trinajstić information content (AvgIpc) is 2.99. The van der Waals surface area contributed by atoms with Gasteiger partial charge in [0.2, 0.25) is 5.82 Å². The number of aromatic amines is 1. The molecule has 7 heteroatoms. The number of hydrogen-bond donors (Lipinski definition) is 1. The number of aryl methyl sites for hydroxylation is 2. The zero-order valence-corrected chi connectivity index (χ0v) is 12.1. The van der Waals surface area contributed by atoms with Crippen LogP contribution in [0.1, 0.15) is 40.4 Å². The lowest BCUT2D eigenvalue weighted by Gasteiger charge is -2.14. The highest BCUT2D eigenvalue weighted by Gasteiger charge is 2.18. The number of rotatable bonds is 5. The Labute approximate surface area is 115 Å². The predicted octanol–water partition coefficient (Wildman–Crippen LogP) is 1.79. The number of aromatic nitrogens is 4. The number of nitrogens with zero attached hydrogens (tertiary/aromatic N) is 4. The molecule has 6 nitrogen and oxygen atoms in total. The minimum atomic E-state index is -0.175. The van der Waals surface area contributed by atoms with Gasteiger partial charge in [0.1, 0.15) is 5.82 Å². The van der Waals surface area contributed by atoms with Crippen LogP contribution in [-0.2, 0) is 13.0 Å². The second kappa shape index (κ2) is 5.92. The van der Waals surface area contributed by atoms with Crippen LogP contribution in [0.2, 0.25) is 0 Å². The number of nitrogens with one attached hydrogen (secondary N) is 1. The topological polar surface area (TPSA) is 74.8 Å². The molecule has 1 amide bonds. The number of amides is 1. The Hall–Kier alpha value is -1.76. The summed E-state index contributed by atoms with van der Waals surface area (Å²) in [7, 11) is 1.75. The molecule has 0 atom stereocenters. The van der Waals surface area contributed by atoms with Crippen LogP contribution in [0.25, 0.3) is 0 Å². The van der Waals surface area contributed by atoms with Crippen molar-refractivity contribution < 1.29 is 4.79 Å². The fraction of sp³-hybridized carbons (Fsp3) is 0.500. The highest BCUT2D eigenvalue weighted by atomic mass is 32.1. The highest BCUT2D eigenvalue weighted by Crippen LogP contribution is 2.15. The number of carbonyl (C=O) groups is 1. The van der Waals surface area contributed by atoms with Crippen LogP contribution in [-0.4, -0.2) is 38.0 Å². The highest BCUT2D eigenvalue weighted by molar-refractivity contribution is 7.09. The van der Waals surface area contributed by atoms with Gasteiger partial charge in [0.25, 0.3) is 5.91 Å². The van der Waals surface area contributed by atoms with Crippen molar-refractivity contribution >= 4 is 17.2 Å². The number of carbonyl (C=O) groups excluding carboxylic acids is 1. The number of thiazole rings is 1. The summed E-state index contributed by atoms with van der Waals surface area (Å²) in [6.45, 7) is 4.53. The van der Waals surface area contributed by atoms with Gasteiger partial charge in [-0.05, 0) is 13.3 Å². The maximum Gasteiger partial charge on any atom is 0.293 e. The standard InChI is InChI=1S/C12H17N5OS/c1-4-5-10-14-11(16-15-10)12(18)17(3)6-9-8(2)13-7-19-9/h7H,4-6H2,1-3H3,(H,14,15,16). The SMILES string of the molecule is CCCc1nc(C(=O)N(C)Cc2scnc2C)n[nH]1. The summed E-state index contributed by atoms with van der Waals surface area (Å²) in [6, 6.07) is 0. The van der Waals surface area contributed by atoms with Gasteiger partial charge >= 0.3 is 0 Å². The van der Waals surface area contributed by atoms with Gasteiger partial charge < -0.3 is 4.90 Å². The van der Waals surface area contributed by atoms with Gasteiger partial charge in [-0.25, -0.2) is 9.97 Å². The molecule has 0 spiro atoms. The largest absolute Gasteiger partial charge is 0.334 e. The summed E-state index contributed by atoms with van der Waals surface area (Å²) in [5.74, 6) is 0.813. The molecular weight excluding hydrogens is 262 g/mol. The Balaban J connectivity index is 2.04. The van der Waals surface area contributed by atoms with Gasteiger partial charge in [-0.2, -0.15) is 0 Å². The molecule has 2 aromatic rings. The van der Waals surface area contributed by atoms with Crippen molar-refractivity contribution in [2.75, 3.05) is 7.05 Å². The fourth-order valence-electron chi connectivity index (χ4n) is 1.68. The zero-order valence-electron chi connectivity index (χ0n) is 11.3. The lowest BCUT2D eigenvalue weighted by atomic mass is 10.3. The average molecular weight is 279 g/mol. The molecular formula is C12H17N5OS. The fourth-order valence-corrected chi connectivity index (χ4v) is 2.50. The van der Waals surface area contributed by atoms with Crippen molar-refractivity contribution in [3.05, 3.63) is 27.7 Å². The molecule has 0 unspecified atom stereocenters. The Kier molecular flexibility index (Phi) is 4.26. The van der Waals surface area contributed by atoms with E-state index in [1.54, 1.807) is 28.8 Å². The Bertz CT molecular complexity index is 562. The minimum absolute atomic E-state index is 0.175. The van der Waals surface area contributed by atoms with Crippen molar-refractivity contribution in [1.82, 2.24) is 25.1 Å². The van der Waals surface area contributed by atoms with Crippen LogP contribution < -0.4 is 0 Å². The quantitative estimate of drug-likeness (QED) is 0.905. The first-order valence-electron chi connectivity index (χ1n) is 6.17. The molecule has 0 bridgehead atoms. The maximum atomic E-state index is 12.2. The van der Waals surface area contributed by atoms with E-state index in [1.165, 1.54) is 0 Å². The molecule has 102 valence electrons. The molecule has 0 radical (unpaired) electrons. The van der Waals surface area contributed by atoms with E-state index >= 15 is 0 Å². The van der Waals surface area contributed by atoms with E-state index in [9.17, 15) is 4.79 Å². The van der Waals surface area contributed by atoms with Crippen molar-refractivity contribution in [1.29, 1.82) is 0 Å². The van der Waals surface area contributed by atoms with Crippen molar-refractivity contribution in [2.24, 2.45) is 0 Å². The molecule has 0 aliphatic heterocycles. The third-order valence-electron chi connectivity index (χ3n) is 2.78. The number of H-pyrrole nitrogens is 1. The molecule has 0 aromatic carbocycles. The van der Waals surface area contributed by atoms with Gasteiger partial charge in [-0.1, -0.05) is 6.92 Å². The van der Waals surface area contributed by atoms with Gasteiger partial charge in [-0.3, -0.25) is 9.89 Å². The van der Waals surface area contributed by atoms with E-state index in [0.717, 1.165) is 29.2 Å². The van der Waals surface area contributed by atoms with Gasteiger partial charge in [0.05, 0.1) is 17.7 Å². The van der Waals surface area contributed by atoms with E-state index in [1.807, 2.05) is 6.92 Å². The minimum Gasteiger partial charge on any atom is -0.334 e. The lowest BCUT2D eigenvalue weighted by Crippen LogP contribution is -2.27. The smallest absolute Gasteiger partial charge is 0.293 e. The van der Waals surface area contributed by atoms with Gasteiger partial charge in [0.15, 0.2) is 0 Å².